The van der Waals surface area contributed by atoms with Gasteiger partial charge >= 0.3 is 0 Å². The van der Waals surface area contributed by atoms with Gasteiger partial charge in [-0.2, -0.15) is 0 Å². The highest BCUT2D eigenvalue weighted by molar-refractivity contribution is 5.92. The highest BCUT2D eigenvalue weighted by atomic mass is 16.2. The van der Waals surface area contributed by atoms with Crippen molar-refractivity contribution >= 4 is 11.8 Å². The fourth-order valence-corrected chi connectivity index (χ4v) is 3.39. The number of nitrogens with one attached hydrogen (secondary N) is 2. The highest BCUT2D eigenvalue weighted by Gasteiger charge is 2.53. The Bertz CT molecular complexity index is 389. The molecule has 0 bridgehead atoms. The SMILES string of the molecule is CC(C)CNCNC1CCC2(CC1)CN(CC(N)=O)C2=O. The van der Waals surface area contributed by atoms with E-state index in [1.807, 2.05) is 0 Å². The zero-order chi connectivity index (χ0) is 15.5. The van der Waals surface area contributed by atoms with Gasteiger partial charge in [-0.25, -0.2) is 0 Å². The fourth-order valence-electron chi connectivity index (χ4n) is 3.39. The lowest BCUT2D eigenvalue weighted by molar-refractivity contribution is -0.165. The molecule has 0 aromatic rings. The molecule has 2 rings (SSSR count). The third-order valence-corrected chi connectivity index (χ3v) is 4.59. The summed E-state index contributed by atoms with van der Waals surface area (Å²) in [5, 5.41) is 6.89. The lowest BCUT2D eigenvalue weighted by Crippen LogP contribution is -2.64. The summed E-state index contributed by atoms with van der Waals surface area (Å²) >= 11 is 0. The van der Waals surface area contributed by atoms with Crippen LogP contribution in [0, 0.1) is 11.3 Å². The number of β-lactam (4-membered cyclic amide) rings is 1. The molecular formula is C15H28N4O2. The standard InChI is InChI=1S/C15H28N4O2/c1-11(2)7-17-10-18-12-3-5-15(6-4-12)9-19(14(15)21)8-13(16)20/h11-12,17-18H,3-10H2,1-2H3,(H2,16,20). The van der Waals surface area contributed by atoms with E-state index in [2.05, 4.69) is 24.5 Å². The number of hydrogen-bond acceptors (Lipinski definition) is 4. The number of carbonyl (C=O) groups is 2. The summed E-state index contributed by atoms with van der Waals surface area (Å²) in [6.45, 7) is 7.01. The zero-order valence-electron chi connectivity index (χ0n) is 13.2. The lowest BCUT2D eigenvalue weighted by atomic mass is 9.66. The molecule has 0 aromatic carbocycles. The van der Waals surface area contributed by atoms with E-state index in [0.29, 0.717) is 18.5 Å². The van der Waals surface area contributed by atoms with E-state index in [-0.39, 0.29) is 17.9 Å². The predicted molar refractivity (Wildman–Crippen MR) is 81.3 cm³/mol. The van der Waals surface area contributed by atoms with Gasteiger partial charge in [0.05, 0.1) is 12.0 Å². The Balaban J connectivity index is 1.67. The van der Waals surface area contributed by atoms with E-state index < -0.39 is 5.91 Å². The molecule has 0 radical (unpaired) electrons. The summed E-state index contributed by atoms with van der Waals surface area (Å²) in [7, 11) is 0. The van der Waals surface area contributed by atoms with Gasteiger partial charge in [-0.05, 0) is 38.1 Å². The second-order valence-corrected chi connectivity index (χ2v) is 6.91. The Morgan fingerprint density at radius 2 is 2.10 bits per heavy atom. The van der Waals surface area contributed by atoms with Gasteiger partial charge in [0.2, 0.25) is 11.8 Å². The van der Waals surface area contributed by atoms with Gasteiger partial charge in [-0.3, -0.25) is 9.59 Å². The fraction of sp³-hybridized carbons (Fsp3) is 0.867. The van der Waals surface area contributed by atoms with Crippen molar-refractivity contribution in [3.8, 4) is 0 Å². The van der Waals surface area contributed by atoms with Crippen LogP contribution in [-0.2, 0) is 9.59 Å². The van der Waals surface area contributed by atoms with Crippen molar-refractivity contribution in [2.45, 2.75) is 45.6 Å². The molecule has 4 N–H and O–H groups in total. The average Bonchev–Trinajstić information content (AvgIpc) is 2.43. The molecule has 6 heteroatoms. The number of nitrogens with zero attached hydrogens (tertiary/aromatic N) is 1. The number of carbonyl (C=O) groups excluding carboxylic acids is 2. The average molecular weight is 296 g/mol. The number of amides is 2. The van der Waals surface area contributed by atoms with E-state index in [1.54, 1.807) is 4.90 Å². The maximum atomic E-state index is 12.2. The monoisotopic (exact) mass is 296 g/mol. The maximum Gasteiger partial charge on any atom is 0.237 e. The Morgan fingerprint density at radius 1 is 1.43 bits per heavy atom. The van der Waals surface area contributed by atoms with Gasteiger partial charge in [-0.1, -0.05) is 13.8 Å². The van der Waals surface area contributed by atoms with E-state index in [0.717, 1.165) is 38.9 Å². The van der Waals surface area contributed by atoms with E-state index in [9.17, 15) is 9.59 Å². The zero-order valence-corrected chi connectivity index (χ0v) is 13.2. The van der Waals surface area contributed by atoms with Gasteiger partial charge in [0, 0.05) is 19.3 Å². The van der Waals surface area contributed by atoms with Crippen molar-refractivity contribution in [2.75, 3.05) is 26.3 Å². The number of primary amides is 1. The lowest BCUT2D eigenvalue weighted by Gasteiger charge is -2.51. The first-order chi connectivity index (χ1) is 9.93. The van der Waals surface area contributed by atoms with Crippen LogP contribution in [0.25, 0.3) is 0 Å². The third kappa shape index (κ3) is 3.95. The molecule has 1 saturated heterocycles. The van der Waals surface area contributed by atoms with Gasteiger partial charge < -0.3 is 21.3 Å². The number of nitrogens with two attached hydrogens (primary N) is 1. The summed E-state index contributed by atoms with van der Waals surface area (Å²) in [5.41, 5.74) is 4.95. The molecule has 1 aliphatic carbocycles. The van der Waals surface area contributed by atoms with Crippen LogP contribution in [0.1, 0.15) is 39.5 Å². The molecule has 1 heterocycles. The molecule has 120 valence electrons. The molecule has 0 unspecified atom stereocenters. The second kappa shape index (κ2) is 6.75. The number of hydrogen-bond donors (Lipinski definition) is 3. The molecule has 6 nitrogen and oxygen atoms in total. The summed E-state index contributed by atoms with van der Waals surface area (Å²) in [5.74, 6) is 0.354. The maximum absolute atomic E-state index is 12.2. The van der Waals surface area contributed by atoms with E-state index in [4.69, 9.17) is 5.73 Å². The van der Waals surface area contributed by atoms with Gasteiger partial charge in [0.15, 0.2) is 0 Å². The van der Waals surface area contributed by atoms with Crippen molar-refractivity contribution in [2.24, 2.45) is 17.1 Å². The molecule has 1 saturated carbocycles. The van der Waals surface area contributed by atoms with Gasteiger partial charge in [-0.15, -0.1) is 0 Å². The van der Waals surface area contributed by atoms with Crippen LogP contribution in [0.15, 0.2) is 0 Å². The minimum atomic E-state index is -0.426. The summed E-state index contributed by atoms with van der Waals surface area (Å²) in [4.78, 5) is 24.7. The minimum absolute atomic E-state index is 0.0708. The van der Waals surface area contributed by atoms with Crippen molar-refractivity contribution in [1.29, 1.82) is 0 Å². The first-order valence-corrected chi connectivity index (χ1v) is 7.95. The molecule has 1 spiro atoms. The topological polar surface area (TPSA) is 87.5 Å². The molecule has 0 atom stereocenters. The van der Waals surface area contributed by atoms with Gasteiger partial charge in [0.1, 0.15) is 0 Å². The summed E-state index contributed by atoms with van der Waals surface area (Å²) in [6.07, 6.45) is 3.89. The first-order valence-electron chi connectivity index (χ1n) is 7.95. The number of rotatable bonds is 7. The smallest absolute Gasteiger partial charge is 0.237 e. The molecular weight excluding hydrogens is 268 g/mol. The molecule has 2 fully saturated rings. The minimum Gasteiger partial charge on any atom is -0.368 e. The van der Waals surface area contributed by atoms with Crippen LogP contribution in [0.4, 0.5) is 0 Å². The Labute approximate surface area is 126 Å². The summed E-state index contributed by atoms with van der Waals surface area (Å²) < 4.78 is 0. The Kier molecular flexibility index (Phi) is 5.22. The molecule has 21 heavy (non-hydrogen) atoms. The van der Waals surface area contributed by atoms with Crippen molar-refractivity contribution in [3.05, 3.63) is 0 Å². The van der Waals surface area contributed by atoms with Gasteiger partial charge in [0.25, 0.3) is 0 Å². The highest BCUT2D eigenvalue weighted by Crippen LogP contribution is 2.44. The van der Waals surface area contributed by atoms with Crippen LogP contribution in [0.2, 0.25) is 0 Å². The van der Waals surface area contributed by atoms with Crippen LogP contribution in [0.3, 0.4) is 0 Å². The van der Waals surface area contributed by atoms with Crippen molar-refractivity contribution in [3.63, 3.8) is 0 Å². The normalized spacial score (nSPS) is 29.0. The summed E-state index contributed by atoms with van der Waals surface area (Å²) in [6, 6.07) is 0.494. The van der Waals surface area contributed by atoms with Crippen LogP contribution in [0.5, 0.6) is 0 Å². The number of likely N-dealkylation sites (tertiary alicyclic amines) is 1. The van der Waals surface area contributed by atoms with Crippen LogP contribution < -0.4 is 16.4 Å². The quantitative estimate of drug-likeness (QED) is 0.351. The van der Waals surface area contributed by atoms with E-state index >= 15 is 0 Å². The van der Waals surface area contributed by atoms with Crippen LogP contribution in [-0.4, -0.2) is 49.1 Å². The van der Waals surface area contributed by atoms with Crippen LogP contribution >= 0.6 is 0 Å². The molecule has 1 aliphatic heterocycles. The Morgan fingerprint density at radius 3 is 2.62 bits per heavy atom. The van der Waals surface area contributed by atoms with E-state index in [1.165, 1.54) is 0 Å². The molecule has 0 aromatic heterocycles. The first kappa shape index (κ1) is 16.2. The van der Waals surface area contributed by atoms with Crippen molar-refractivity contribution < 1.29 is 9.59 Å². The largest absolute Gasteiger partial charge is 0.368 e. The second-order valence-electron chi connectivity index (χ2n) is 6.91. The third-order valence-electron chi connectivity index (χ3n) is 4.59. The Hall–Kier alpha value is -1.14. The predicted octanol–water partition coefficient (Wildman–Crippen LogP) is 0.0356. The van der Waals surface area contributed by atoms with Crippen molar-refractivity contribution in [1.82, 2.24) is 15.5 Å². The molecule has 2 amide bonds. The molecule has 2 aliphatic rings.